The molecule has 76 valence electrons. The van der Waals surface area contributed by atoms with E-state index in [1.807, 2.05) is 13.8 Å². The molecule has 0 bridgehead atoms. The Balaban J connectivity index is 2.18. The van der Waals surface area contributed by atoms with E-state index in [4.69, 9.17) is 9.47 Å². The van der Waals surface area contributed by atoms with E-state index >= 15 is 0 Å². The van der Waals surface area contributed by atoms with Crippen LogP contribution in [0.25, 0.3) is 0 Å². The summed E-state index contributed by atoms with van der Waals surface area (Å²) in [6, 6.07) is 0. The Hall–Kier alpha value is -0.570. The quantitative estimate of drug-likeness (QED) is 0.630. The van der Waals surface area contributed by atoms with Gasteiger partial charge in [0.15, 0.2) is 0 Å². The van der Waals surface area contributed by atoms with Crippen molar-refractivity contribution in [2.75, 3.05) is 13.2 Å². The van der Waals surface area contributed by atoms with E-state index in [1.54, 1.807) is 0 Å². The maximum atomic E-state index is 11.3. The van der Waals surface area contributed by atoms with Gasteiger partial charge in [-0.05, 0) is 5.92 Å². The van der Waals surface area contributed by atoms with Gasteiger partial charge in [0.1, 0.15) is 6.10 Å². The predicted molar refractivity (Wildman–Crippen MR) is 49.4 cm³/mol. The van der Waals surface area contributed by atoms with Crippen LogP contribution >= 0.6 is 0 Å². The van der Waals surface area contributed by atoms with E-state index in [0.29, 0.717) is 12.3 Å². The molecule has 3 heteroatoms. The fourth-order valence-corrected chi connectivity index (χ4v) is 1.36. The lowest BCUT2D eigenvalue weighted by Crippen LogP contribution is -2.26. The third-order valence-electron chi connectivity index (χ3n) is 2.04. The highest BCUT2D eigenvalue weighted by molar-refractivity contribution is 5.69. The second-order valence-corrected chi connectivity index (χ2v) is 3.90. The van der Waals surface area contributed by atoms with E-state index in [2.05, 4.69) is 0 Å². The maximum Gasteiger partial charge on any atom is 0.306 e. The zero-order valence-corrected chi connectivity index (χ0v) is 8.41. The van der Waals surface area contributed by atoms with Gasteiger partial charge in [-0.15, -0.1) is 0 Å². The molecule has 0 radical (unpaired) electrons. The monoisotopic (exact) mass is 186 g/mol. The van der Waals surface area contributed by atoms with Gasteiger partial charge in [0.05, 0.1) is 13.2 Å². The summed E-state index contributed by atoms with van der Waals surface area (Å²) in [6.45, 7) is 5.48. The molecule has 3 nitrogen and oxygen atoms in total. The fraction of sp³-hybridized carbons (Fsp3) is 0.900. The summed E-state index contributed by atoms with van der Waals surface area (Å²) >= 11 is 0. The minimum Gasteiger partial charge on any atom is -0.462 e. The molecule has 0 aromatic rings. The van der Waals surface area contributed by atoms with Crippen molar-refractivity contribution in [1.82, 2.24) is 0 Å². The summed E-state index contributed by atoms with van der Waals surface area (Å²) in [6.07, 6.45) is 2.32. The molecule has 0 spiro atoms. The van der Waals surface area contributed by atoms with E-state index in [9.17, 15) is 4.79 Å². The molecule has 1 aliphatic rings. The third kappa shape index (κ3) is 4.27. The summed E-state index contributed by atoms with van der Waals surface area (Å²) in [4.78, 5) is 11.3. The minimum atomic E-state index is -0.0677. The number of hydrogen-bond donors (Lipinski definition) is 0. The summed E-state index contributed by atoms with van der Waals surface area (Å²) in [7, 11) is 0. The van der Waals surface area contributed by atoms with Crippen LogP contribution < -0.4 is 0 Å². The Kier molecular flexibility index (Phi) is 4.22. The number of hydrogen-bond acceptors (Lipinski definition) is 3. The van der Waals surface area contributed by atoms with E-state index in [-0.39, 0.29) is 12.1 Å². The smallest absolute Gasteiger partial charge is 0.306 e. The Labute approximate surface area is 79.4 Å². The SMILES string of the molecule is CC(C)CC(=O)OC1CCOCC1. The van der Waals surface area contributed by atoms with Crippen molar-refractivity contribution in [3.05, 3.63) is 0 Å². The molecular formula is C10H18O3. The van der Waals surface area contributed by atoms with Crippen molar-refractivity contribution < 1.29 is 14.3 Å². The van der Waals surface area contributed by atoms with Crippen LogP contribution in [0.15, 0.2) is 0 Å². The molecule has 0 unspecified atom stereocenters. The number of carbonyl (C=O) groups excluding carboxylic acids is 1. The first kappa shape index (κ1) is 10.5. The van der Waals surface area contributed by atoms with Crippen LogP contribution in [0, 0.1) is 5.92 Å². The van der Waals surface area contributed by atoms with Gasteiger partial charge >= 0.3 is 5.97 Å². The van der Waals surface area contributed by atoms with Crippen LogP contribution in [-0.4, -0.2) is 25.3 Å². The van der Waals surface area contributed by atoms with Gasteiger partial charge in [-0.2, -0.15) is 0 Å². The first-order valence-electron chi connectivity index (χ1n) is 4.95. The molecule has 1 saturated heterocycles. The summed E-state index contributed by atoms with van der Waals surface area (Å²) < 4.78 is 10.5. The topological polar surface area (TPSA) is 35.5 Å². The lowest BCUT2D eigenvalue weighted by Gasteiger charge is -2.22. The molecule has 0 amide bonds. The van der Waals surface area contributed by atoms with Gasteiger partial charge in [-0.1, -0.05) is 13.8 Å². The highest BCUT2D eigenvalue weighted by atomic mass is 16.5. The first-order chi connectivity index (χ1) is 6.18. The Morgan fingerprint density at radius 2 is 2.08 bits per heavy atom. The van der Waals surface area contributed by atoms with E-state index < -0.39 is 0 Å². The first-order valence-corrected chi connectivity index (χ1v) is 4.95. The van der Waals surface area contributed by atoms with Crippen molar-refractivity contribution in [1.29, 1.82) is 0 Å². The molecule has 1 fully saturated rings. The Morgan fingerprint density at radius 3 is 2.62 bits per heavy atom. The molecule has 0 aromatic heterocycles. The normalized spacial score (nSPS) is 19.0. The van der Waals surface area contributed by atoms with Gasteiger partial charge < -0.3 is 9.47 Å². The molecule has 0 atom stereocenters. The zero-order valence-electron chi connectivity index (χ0n) is 8.41. The molecule has 0 N–H and O–H groups in total. The minimum absolute atomic E-state index is 0.0677. The van der Waals surface area contributed by atoms with Crippen molar-refractivity contribution in [3.63, 3.8) is 0 Å². The summed E-state index contributed by atoms with van der Waals surface area (Å²) in [5.41, 5.74) is 0. The number of ether oxygens (including phenoxy) is 2. The largest absolute Gasteiger partial charge is 0.462 e. The van der Waals surface area contributed by atoms with Gasteiger partial charge in [0.25, 0.3) is 0 Å². The number of rotatable bonds is 3. The van der Waals surface area contributed by atoms with Gasteiger partial charge in [-0.25, -0.2) is 0 Å². The summed E-state index contributed by atoms with van der Waals surface area (Å²) in [5.74, 6) is 0.314. The van der Waals surface area contributed by atoms with E-state index in [1.165, 1.54) is 0 Å². The zero-order chi connectivity index (χ0) is 9.68. The molecular weight excluding hydrogens is 168 g/mol. The van der Waals surface area contributed by atoms with Crippen LogP contribution in [0.5, 0.6) is 0 Å². The van der Waals surface area contributed by atoms with Crippen molar-refractivity contribution >= 4 is 5.97 Å². The summed E-state index contributed by atoms with van der Waals surface area (Å²) in [5, 5.41) is 0. The molecule has 1 rings (SSSR count). The van der Waals surface area contributed by atoms with E-state index in [0.717, 1.165) is 26.1 Å². The number of esters is 1. The van der Waals surface area contributed by atoms with Crippen LogP contribution in [0.1, 0.15) is 33.1 Å². The molecule has 0 saturated carbocycles. The highest BCUT2D eigenvalue weighted by Crippen LogP contribution is 2.12. The Bertz CT molecular complexity index is 160. The van der Waals surface area contributed by atoms with Crippen molar-refractivity contribution in [2.24, 2.45) is 5.92 Å². The lowest BCUT2D eigenvalue weighted by atomic mass is 10.1. The van der Waals surface area contributed by atoms with Crippen LogP contribution in [0.2, 0.25) is 0 Å². The van der Waals surface area contributed by atoms with Crippen LogP contribution in [-0.2, 0) is 14.3 Å². The standard InChI is InChI=1S/C10H18O3/c1-8(2)7-10(11)13-9-3-5-12-6-4-9/h8-9H,3-7H2,1-2H3. The molecule has 13 heavy (non-hydrogen) atoms. The molecule has 0 aromatic carbocycles. The van der Waals surface area contributed by atoms with Crippen LogP contribution in [0.4, 0.5) is 0 Å². The van der Waals surface area contributed by atoms with Gasteiger partial charge in [-0.3, -0.25) is 4.79 Å². The maximum absolute atomic E-state index is 11.3. The molecule has 0 aliphatic carbocycles. The van der Waals surface area contributed by atoms with Crippen LogP contribution in [0.3, 0.4) is 0 Å². The molecule has 1 aliphatic heterocycles. The number of carbonyl (C=O) groups is 1. The lowest BCUT2D eigenvalue weighted by molar-refractivity contribution is -0.153. The second kappa shape index (κ2) is 5.22. The average molecular weight is 186 g/mol. The predicted octanol–water partition coefficient (Wildman–Crippen LogP) is 1.75. The highest BCUT2D eigenvalue weighted by Gasteiger charge is 2.18. The van der Waals surface area contributed by atoms with Crippen molar-refractivity contribution in [2.45, 2.75) is 39.2 Å². The average Bonchev–Trinajstić information content (AvgIpc) is 2.04. The fourth-order valence-electron chi connectivity index (χ4n) is 1.36. The second-order valence-electron chi connectivity index (χ2n) is 3.90. The van der Waals surface area contributed by atoms with Gasteiger partial charge in [0, 0.05) is 19.3 Å². The van der Waals surface area contributed by atoms with Gasteiger partial charge in [0.2, 0.25) is 0 Å². The molecule has 1 heterocycles. The van der Waals surface area contributed by atoms with Crippen molar-refractivity contribution in [3.8, 4) is 0 Å². The third-order valence-corrected chi connectivity index (χ3v) is 2.04. The Morgan fingerprint density at radius 1 is 1.46 bits per heavy atom.